The van der Waals surface area contributed by atoms with Gasteiger partial charge < -0.3 is 9.47 Å². The molecular weight excluding hydrogens is 585 g/mol. The van der Waals surface area contributed by atoms with Crippen LogP contribution in [0.2, 0.25) is 0 Å². The summed E-state index contributed by atoms with van der Waals surface area (Å²) >= 11 is 0. The van der Waals surface area contributed by atoms with E-state index in [4.69, 9.17) is 22.3 Å². The summed E-state index contributed by atoms with van der Waals surface area (Å²) in [5.41, 5.74) is 1.46. The Morgan fingerprint density at radius 1 is 0.354 bits per heavy atom. The molecule has 1 rings (SSSR count). The van der Waals surface area contributed by atoms with Gasteiger partial charge in [0.2, 0.25) is 0 Å². The van der Waals surface area contributed by atoms with Gasteiger partial charge in [-0.15, -0.1) is 12.8 Å². The SMILES string of the molecule is C#Cc1ccc(C#C)c(OCCCCCCCCCCCCCCCCCC)c1OCCCCCCCCCCCCCCCCCC. The van der Waals surface area contributed by atoms with Crippen molar-refractivity contribution in [3.8, 4) is 36.2 Å². The fourth-order valence-corrected chi connectivity index (χ4v) is 6.73. The quantitative estimate of drug-likeness (QED) is 0.0526. The van der Waals surface area contributed by atoms with Crippen LogP contribution in [-0.4, -0.2) is 13.2 Å². The highest BCUT2D eigenvalue weighted by Crippen LogP contribution is 2.35. The third-order valence-electron chi connectivity index (χ3n) is 9.91. The smallest absolute Gasteiger partial charge is 0.178 e. The molecule has 0 aliphatic heterocycles. The van der Waals surface area contributed by atoms with Crippen molar-refractivity contribution in [2.75, 3.05) is 13.2 Å². The molecule has 0 bridgehead atoms. The zero-order valence-electron chi connectivity index (χ0n) is 32.2. The number of hydrogen-bond acceptors (Lipinski definition) is 2. The highest BCUT2D eigenvalue weighted by atomic mass is 16.5. The first-order valence-corrected chi connectivity index (χ1v) is 21.1. The van der Waals surface area contributed by atoms with Crippen LogP contribution in [0.5, 0.6) is 11.5 Å². The highest BCUT2D eigenvalue weighted by Gasteiger charge is 2.15. The predicted molar refractivity (Wildman–Crippen MR) is 212 cm³/mol. The van der Waals surface area contributed by atoms with Crippen molar-refractivity contribution in [2.24, 2.45) is 0 Å². The molecule has 48 heavy (non-hydrogen) atoms. The molecule has 0 radical (unpaired) electrons. The molecule has 0 unspecified atom stereocenters. The third-order valence-corrected chi connectivity index (χ3v) is 9.91. The van der Waals surface area contributed by atoms with Gasteiger partial charge in [-0.1, -0.05) is 218 Å². The molecule has 0 atom stereocenters. The molecule has 1 aromatic rings. The van der Waals surface area contributed by atoms with Gasteiger partial charge in [0.05, 0.1) is 24.3 Å². The Morgan fingerprint density at radius 3 is 0.771 bits per heavy atom. The van der Waals surface area contributed by atoms with E-state index in [1.54, 1.807) is 0 Å². The lowest BCUT2D eigenvalue weighted by Gasteiger charge is -2.16. The highest BCUT2D eigenvalue weighted by molar-refractivity contribution is 5.61. The molecule has 1 aromatic carbocycles. The molecular formula is C46H78O2. The molecule has 2 heteroatoms. The summed E-state index contributed by atoms with van der Waals surface area (Å²) in [7, 11) is 0. The summed E-state index contributed by atoms with van der Waals surface area (Å²) < 4.78 is 12.5. The first-order chi connectivity index (χ1) is 23.8. The van der Waals surface area contributed by atoms with E-state index in [1.807, 2.05) is 12.1 Å². The van der Waals surface area contributed by atoms with Gasteiger partial charge >= 0.3 is 0 Å². The lowest BCUT2D eigenvalue weighted by molar-refractivity contribution is 0.257. The molecule has 0 saturated heterocycles. The van der Waals surface area contributed by atoms with E-state index in [9.17, 15) is 0 Å². The zero-order valence-corrected chi connectivity index (χ0v) is 32.2. The van der Waals surface area contributed by atoms with Crippen LogP contribution in [0.15, 0.2) is 12.1 Å². The van der Waals surface area contributed by atoms with Crippen LogP contribution < -0.4 is 9.47 Å². The van der Waals surface area contributed by atoms with E-state index in [0.717, 1.165) is 24.0 Å². The van der Waals surface area contributed by atoms with Gasteiger partial charge in [0.1, 0.15) is 0 Å². The van der Waals surface area contributed by atoms with Crippen molar-refractivity contribution in [1.82, 2.24) is 0 Å². The summed E-state index contributed by atoms with van der Waals surface area (Å²) in [6.45, 7) is 5.88. The van der Waals surface area contributed by atoms with Gasteiger partial charge in [-0.05, 0) is 25.0 Å². The van der Waals surface area contributed by atoms with Crippen LogP contribution >= 0.6 is 0 Å². The fraction of sp³-hybridized carbons (Fsp3) is 0.783. The Labute approximate surface area is 300 Å². The van der Waals surface area contributed by atoms with Gasteiger partial charge in [0.25, 0.3) is 0 Å². The van der Waals surface area contributed by atoms with Crippen LogP contribution in [0.4, 0.5) is 0 Å². The van der Waals surface area contributed by atoms with Crippen molar-refractivity contribution in [1.29, 1.82) is 0 Å². The first kappa shape index (κ1) is 44.0. The number of hydrogen-bond donors (Lipinski definition) is 0. The summed E-state index contributed by atoms with van der Waals surface area (Å²) in [6.07, 6.45) is 55.2. The second-order valence-electron chi connectivity index (χ2n) is 14.4. The average molecular weight is 663 g/mol. The van der Waals surface area contributed by atoms with E-state index in [0.29, 0.717) is 24.7 Å². The van der Waals surface area contributed by atoms with E-state index in [-0.39, 0.29) is 0 Å². The topological polar surface area (TPSA) is 18.5 Å². The number of rotatable bonds is 36. The van der Waals surface area contributed by atoms with E-state index < -0.39 is 0 Å². The van der Waals surface area contributed by atoms with Crippen molar-refractivity contribution in [3.05, 3.63) is 23.3 Å². The summed E-state index contributed by atoms with van der Waals surface area (Å²) in [5, 5.41) is 0. The maximum Gasteiger partial charge on any atom is 0.178 e. The van der Waals surface area contributed by atoms with Crippen molar-refractivity contribution < 1.29 is 9.47 Å². The normalized spacial score (nSPS) is 11.0. The maximum atomic E-state index is 6.24. The molecule has 0 aliphatic carbocycles. The zero-order chi connectivity index (χ0) is 34.6. The molecule has 2 nitrogen and oxygen atoms in total. The third kappa shape index (κ3) is 25.0. The molecule has 0 aromatic heterocycles. The van der Waals surface area contributed by atoms with Gasteiger partial charge in [-0.3, -0.25) is 0 Å². The molecule has 0 fully saturated rings. The Bertz CT molecular complexity index is 844. The van der Waals surface area contributed by atoms with Gasteiger partial charge in [0, 0.05) is 0 Å². The number of ether oxygens (including phenoxy) is 2. The summed E-state index contributed by atoms with van der Waals surface area (Å²) in [5.74, 6) is 6.87. The molecule has 274 valence electrons. The minimum absolute atomic E-state index is 0.649. The minimum atomic E-state index is 0.649. The second-order valence-corrected chi connectivity index (χ2v) is 14.4. The Kier molecular flexibility index (Phi) is 31.9. The van der Waals surface area contributed by atoms with Crippen LogP contribution in [-0.2, 0) is 0 Å². The van der Waals surface area contributed by atoms with Crippen molar-refractivity contribution in [2.45, 2.75) is 219 Å². The van der Waals surface area contributed by atoms with E-state index in [1.165, 1.54) is 193 Å². The molecule has 0 aliphatic rings. The van der Waals surface area contributed by atoms with Crippen LogP contribution in [0.25, 0.3) is 0 Å². The predicted octanol–water partition coefficient (Wildman–Crippen LogP) is 14.9. The van der Waals surface area contributed by atoms with Gasteiger partial charge in [0.15, 0.2) is 11.5 Å². The Balaban J connectivity index is 2.12. The monoisotopic (exact) mass is 663 g/mol. The number of benzene rings is 1. The molecule has 0 amide bonds. The molecule has 0 saturated carbocycles. The standard InChI is InChI=1S/C46H78O2/c1-5-9-11-13-15-17-19-21-23-25-27-29-31-33-35-37-41-47-45-43(7-3)39-40-44(8-4)46(45)48-42-38-36-34-32-30-28-26-24-22-20-18-16-14-12-10-6-2/h3-4,39-40H,5-6,9-38,41-42H2,1-2H3. The van der Waals surface area contributed by atoms with Crippen LogP contribution in [0.3, 0.4) is 0 Å². The second kappa shape index (κ2) is 34.8. The van der Waals surface area contributed by atoms with E-state index in [2.05, 4.69) is 25.7 Å². The first-order valence-electron chi connectivity index (χ1n) is 21.1. The molecule has 0 spiro atoms. The fourth-order valence-electron chi connectivity index (χ4n) is 6.73. The van der Waals surface area contributed by atoms with Crippen molar-refractivity contribution >= 4 is 0 Å². The van der Waals surface area contributed by atoms with E-state index >= 15 is 0 Å². The molecule has 0 N–H and O–H groups in total. The lowest BCUT2D eigenvalue weighted by Crippen LogP contribution is -2.06. The maximum absolute atomic E-state index is 6.24. The summed E-state index contributed by atoms with van der Waals surface area (Å²) in [4.78, 5) is 0. The average Bonchev–Trinajstić information content (AvgIpc) is 3.11. The van der Waals surface area contributed by atoms with Gasteiger partial charge in [-0.25, -0.2) is 0 Å². The van der Waals surface area contributed by atoms with Crippen LogP contribution in [0, 0.1) is 24.7 Å². The Hall–Kier alpha value is -2.06. The number of unbranched alkanes of at least 4 members (excludes halogenated alkanes) is 30. The van der Waals surface area contributed by atoms with Crippen LogP contribution in [0.1, 0.15) is 230 Å². The minimum Gasteiger partial charge on any atom is -0.488 e. The lowest BCUT2D eigenvalue weighted by atomic mass is 10.0. The summed E-state index contributed by atoms with van der Waals surface area (Å²) in [6, 6.07) is 3.78. The van der Waals surface area contributed by atoms with Gasteiger partial charge in [-0.2, -0.15) is 0 Å². The largest absolute Gasteiger partial charge is 0.488 e. The molecule has 0 heterocycles. The number of terminal acetylenes is 2. The Morgan fingerprint density at radius 2 is 0.562 bits per heavy atom. The van der Waals surface area contributed by atoms with Crippen molar-refractivity contribution in [3.63, 3.8) is 0 Å².